The van der Waals surface area contributed by atoms with Crippen LogP contribution >= 0.6 is 39.5 Å². The van der Waals surface area contributed by atoms with Gasteiger partial charge >= 0.3 is 0 Å². The van der Waals surface area contributed by atoms with E-state index in [9.17, 15) is 0 Å². The Kier molecular flexibility index (Phi) is 3.69. The highest BCUT2D eigenvalue weighted by Gasteiger charge is 2.07. The number of anilines is 2. The Balaban J connectivity index is 2.01. The number of hydrogen-bond donors (Lipinski definition) is 2. The van der Waals surface area contributed by atoms with Gasteiger partial charge < -0.3 is 11.1 Å². The Bertz CT molecular complexity index is 798. The van der Waals surface area contributed by atoms with E-state index in [-0.39, 0.29) is 0 Å². The lowest BCUT2D eigenvalue weighted by Gasteiger charge is -2.12. The molecule has 0 radical (unpaired) electrons. The molecule has 0 aliphatic carbocycles. The number of thiocarbonyl (C=S) groups is 1. The van der Waals surface area contributed by atoms with E-state index < -0.39 is 0 Å². The molecule has 2 aromatic carbocycles. The van der Waals surface area contributed by atoms with Gasteiger partial charge in [0.25, 0.3) is 0 Å². The second-order valence-electron chi connectivity index (χ2n) is 4.21. The first kappa shape index (κ1) is 13.5. The standard InChI is InChI=1S/C14H10BrN3S2/c15-8-1-3-10(14(16)19)12(5-8)18-9-2-4-11-13(6-9)20-7-17-11/h1-7,18H,(H2,16,19). The largest absolute Gasteiger partial charge is 0.389 e. The zero-order valence-electron chi connectivity index (χ0n) is 10.3. The van der Waals surface area contributed by atoms with Gasteiger partial charge in [-0.25, -0.2) is 4.98 Å². The van der Waals surface area contributed by atoms with E-state index in [0.717, 1.165) is 31.6 Å². The Morgan fingerprint density at radius 3 is 2.90 bits per heavy atom. The highest BCUT2D eigenvalue weighted by atomic mass is 79.9. The summed E-state index contributed by atoms with van der Waals surface area (Å²) in [6.07, 6.45) is 0. The summed E-state index contributed by atoms with van der Waals surface area (Å²) in [5.74, 6) is 0. The fourth-order valence-electron chi connectivity index (χ4n) is 1.92. The molecule has 3 N–H and O–H groups in total. The molecule has 100 valence electrons. The second-order valence-corrected chi connectivity index (χ2v) is 6.46. The van der Waals surface area contributed by atoms with E-state index in [1.807, 2.05) is 35.8 Å². The Labute approximate surface area is 134 Å². The van der Waals surface area contributed by atoms with Crippen LogP contribution < -0.4 is 11.1 Å². The topological polar surface area (TPSA) is 50.9 Å². The summed E-state index contributed by atoms with van der Waals surface area (Å²) >= 11 is 10.2. The fraction of sp³-hybridized carbons (Fsp3) is 0. The van der Waals surface area contributed by atoms with E-state index in [4.69, 9.17) is 18.0 Å². The third-order valence-corrected chi connectivity index (χ3v) is 4.36. The number of thiazole rings is 1. The van der Waals surface area contributed by atoms with Crippen molar-refractivity contribution in [2.45, 2.75) is 0 Å². The molecule has 6 heteroatoms. The maximum absolute atomic E-state index is 5.76. The molecule has 0 saturated carbocycles. The van der Waals surface area contributed by atoms with Gasteiger partial charge in [0.15, 0.2) is 0 Å². The molecule has 1 heterocycles. The van der Waals surface area contributed by atoms with Gasteiger partial charge in [-0.3, -0.25) is 0 Å². The van der Waals surface area contributed by atoms with Crippen LogP contribution in [0.1, 0.15) is 5.56 Å². The quantitative estimate of drug-likeness (QED) is 0.675. The van der Waals surface area contributed by atoms with E-state index in [1.54, 1.807) is 11.3 Å². The highest BCUT2D eigenvalue weighted by molar-refractivity contribution is 9.10. The minimum atomic E-state index is 0.374. The van der Waals surface area contributed by atoms with E-state index >= 15 is 0 Å². The monoisotopic (exact) mass is 363 g/mol. The van der Waals surface area contributed by atoms with Crippen LogP contribution in [0.25, 0.3) is 10.2 Å². The molecule has 0 amide bonds. The van der Waals surface area contributed by atoms with Gasteiger partial charge in [-0.15, -0.1) is 11.3 Å². The van der Waals surface area contributed by atoms with Crippen LogP contribution in [-0.2, 0) is 0 Å². The van der Waals surface area contributed by atoms with Crippen LogP contribution in [0.4, 0.5) is 11.4 Å². The predicted molar refractivity (Wildman–Crippen MR) is 92.9 cm³/mol. The number of nitrogens with zero attached hydrogens (tertiary/aromatic N) is 1. The molecule has 0 unspecified atom stereocenters. The second kappa shape index (κ2) is 5.47. The first-order chi connectivity index (χ1) is 9.63. The summed E-state index contributed by atoms with van der Waals surface area (Å²) in [5.41, 5.74) is 11.3. The SMILES string of the molecule is NC(=S)c1ccc(Br)cc1Nc1ccc2ncsc2c1. The van der Waals surface area contributed by atoms with Crippen LogP contribution in [0.3, 0.4) is 0 Å². The number of benzene rings is 2. The molecule has 3 nitrogen and oxygen atoms in total. The van der Waals surface area contributed by atoms with Gasteiger partial charge in [0.1, 0.15) is 4.99 Å². The van der Waals surface area contributed by atoms with Crippen molar-refractivity contribution in [2.75, 3.05) is 5.32 Å². The maximum atomic E-state index is 5.76. The van der Waals surface area contributed by atoms with Crippen molar-refractivity contribution in [3.63, 3.8) is 0 Å². The van der Waals surface area contributed by atoms with Gasteiger partial charge in [-0.1, -0.05) is 28.1 Å². The number of halogens is 1. The van der Waals surface area contributed by atoms with Crippen molar-refractivity contribution in [3.8, 4) is 0 Å². The smallest absolute Gasteiger partial charge is 0.106 e. The molecule has 1 aromatic heterocycles. The van der Waals surface area contributed by atoms with Crippen LogP contribution in [0, 0.1) is 0 Å². The third-order valence-electron chi connectivity index (χ3n) is 2.86. The fourth-order valence-corrected chi connectivity index (χ4v) is 3.18. The summed E-state index contributed by atoms with van der Waals surface area (Å²) in [5, 5.41) is 3.36. The first-order valence-electron chi connectivity index (χ1n) is 5.83. The summed E-state index contributed by atoms with van der Waals surface area (Å²) in [6.45, 7) is 0. The average molecular weight is 364 g/mol. The molecule has 0 fully saturated rings. The minimum Gasteiger partial charge on any atom is -0.389 e. The van der Waals surface area contributed by atoms with Crippen molar-refractivity contribution >= 4 is 66.1 Å². The van der Waals surface area contributed by atoms with Crippen molar-refractivity contribution < 1.29 is 0 Å². The number of nitrogens with two attached hydrogens (primary N) is 1. The van der Waals surface area contributed by atoms with E-state index in [2.05, 4.69) is 32.3 Å². The summed E-state index contributed by atoms with van der Waals surface area (Å²) in [6, 6.07) is 11.8. The Morgan fingerprint density at radius 2 is 2.10 bits per heavy atom. The lowest BCUT2D eigenvalue weighted by atomic mass is 10.1. The number of nitrogens with one attached hydrogen (secondary N) is 1. The van der Waals surface area contributed by atoms with E-state index in [0.29, 0.717) is 4.99 Å². The normalized spacial score (nSPS) is 10.7. The molecule has 0 aliphatic rings. The van der Waals surface area contributed by atoms with Gasteiger partial charge in [-0.2, -0.15) is 0 Å². The van der Waals surface area contributed by atoms with Crippen molar-refractivity contribution in [3.05, 3.63) is 51.9 Å². The van der Waals surface area contributed by atoms with Crippen LogP contribution in [0.15, 0.2) is 46.4 Å². The molecule has 0 bridgehead atoms. The summed E-state index contributed by atoms with van der Waals surface area (Å²) in [7, 11) is 0. The molecule has 0 spiro atoms. The molecule has 0 atom stereocenters. The lowest BCUT2D eigenvalue weighted by molar-refractivity contribution is 1.49. The van der Waals surface area contributed by atoms with Crippen LogP contribution in [0.2, 0.25) is 0 Å². The molecule has 0 aliphatic heterocycles. The molecule has 20 heavy (non-hydrogen) atoms. The van der Waals surface area contributed by atoms with Gasteiger partial charge in [0.05, 0.1) is 15.7 Å². The third kappa shape index (κ3) is 2.67. The number of rotatable bonds is 3. The Hall–Kier alpha value is -1.50. The van der Waals surface area contributed by atoms with Gasteiger partial charge in [0, 0.05) is 21.4 Å². The lowest BCUT2D eigenvalue weighted by Crippen LogP contribution is -2.11. The minimum absolute atomic E-state index is 0.374. The van der Waals surface area contributed by atoms with Gasteiger partial charge in [-0.05, 0) is 36.4 Å². The first-order valence-corrected chi connectivity index (χ1v) is 7.91. The molecule has 3 rings (SSSR count). The predicted octanol–water partition coefficient (Wildman–Crippen LogP) is 4.44. The van der Waals surface area contributed by atoms with Crippen molar-refractivity contribution in [1.29, 1.82) is 0 Å². The summed E-state index contributed by atoms with van der Waals surface area (Å²) < 4.78 is 2.11. The Morgan fingerprint density at radius 1 is 1.25 bits per heavy atom. The zero-order chi connectivity index (χ0) is 14.1. The van der Waals surface area contributed by atoms with Crippen LogP contribution in [0.5, 0.6) is 0 Å². The average Bonchev–Trinajstić information content (AvgIpc) is 2.85. The zero-order valence-corrected chi connectivity index (χ0v) is 13.5. The van der Waals surface area contributed by atoms with Crippen molar-refractivity contribution in [2.24, 2.45) is 5.73 Å². The molecular weight excluding hydrogens is 354 g/mol. The van der Waals surface area contributed by atoms with Crippen LogP contribution in [-0.4, -0.2) is 9.97 Å². The van der Waals surface area contributed by atoms with Gasteiger partial charge in [0.2, 0.25) is 0 Å². The highest BCUT2D eigenvalue weighted by Crippen LogP contribution is 2.28. The number of aromatic nitrogens is 1. The van der Waals surface area contributed by atoms with E-state index in [1.165, 1.54) is 0 Å². The molecular formula is C14H10BrN3S2. The number of fused-ring (bicyclic) bond motifs is 1. The molecule has 0 saturated heterocycles. The van der Waals surface area contributed by atoms with Crippen molar-refractivity contribution in [1.82, 2.24) is 4.98 Å². The summed E-state index contributed by atoms with van der Waals surface area (Å²) in [4.78, 5) is 4.64. The molecule has 3 aromatic rings. The maximum Gasteiger partial charge on any atom is 0.106 e. The number of hydrogen-bond acceptors (Lipinski definition) is 4.